The van der Waals surface area contributed by atoms with Crippen molar-refractivity contribution >= 4 is 15.7 Å². The number of sulfone groups is 1. The fourth-order valence-corrected chi connectivity index (χ4v) is 4.83. The summed E-state index contributed by atoms with van der Waals surface area (Å²) in [4.78, 5) is 17.8. The molecule has 9 heteroatoms. The van der Waals surface area contributed by atoms with Crippen LogP contribution in [0.3, 0.4) is 0 Å². The maximum Gasteiger partial charge on any atom is 0.234 e. The van der Waals surface area contributed by atoms with E-state index in [1.807, 2.05) is 11.8 Å². The number of nitrogens with one attached hydrogen (secondary N) is 1. The van der Waals surface area contributed by atoms with Crippen molar-refractivity contribution in [2.45, 2.75) is 50.5 Å². The molecule has 140 valence electrons. The van der Waals surface area contributed by atoms with Gasteiger partial charge in [0, 0.05) is 26.2 Å². The minimum atomic E-state index is -3.41. The van der Waals surface area contributed by atoms with E-state index < -0.39 is 9.84 Å². The highest BCUT2D eigenvalue weighted by atomic mass is 32.2. The van der Waals surface area contributed by atoms with E-state index in [2.05, 4.69) is 10.3 Å². The molecule has 2 aliphatic heterocycles. The van der Waals surface area contributed by atoms with Crippen molar-refractivity contribution in [2.75, 3.05) is 32.0 Å². The molecule has 0 aliphatic carbocycles. The predicted octanol–water partition coefficient (Wildman–Crippen LogP) is 0.178. The monoisotopic (exact) mass is 370 g/mol. The van der Waals surface area contributed by atoms with Gasteiger partial charge in [0.25, 0.3) is 0 Å². The fourth-order valence-electron chi connectivity index (χ4n) is 3.37. The molecule has 3 heterocycles. The Bertz CT molecular complexity index is 710. The zero-order valence-electron chi connectivity index (χ0n) is 14.6. The molecule has 25 heavy (non-hydrogen) atoms. The number of piperazine rings is 1. The molecule has 0 radical (unpaired) electrons. The summed E-state index contributed by atoms with van der Waals surface area (Å²) < 4.78 is 32.6. The average Bonchev–Trinajstić information content (AvgIpc) is 3.19. The highest BCUT2D eigenvalue weighted by molar-refractivity contribution is 7.91. The van der Waals surface area contributed by atoms with Crippen LogP contribution in [-0.4, -0.2) is 66.9 Å². The van der Waals surface area contributed by atoms with Crippen molar-refractivity contribution < 1.29 is 17.9 Å². The van der Waals surface area contributed by atoms with Gasteiger partial charge in [0.1, 0.15) is 0 Å². The second-order valence-electron chi connectivity index (χ2n) is 6.66. The van der Waals surface area contributed by atoms with Gasteiger partial charge in [-0.05, 0) is 19.3 Å². The number of amides is 1. The molecule has 1 N–H and O–H groups in total. The molecule has 2 saturated heterocycles. The van der Waals surface area contributed by atoms with Gasteiger partial charge in [0.2, 0.25) is 20.9 Å². The average molecular weight is 370 g/mol. The molecule has 1 aromatic rings. The molecule has 3 rings (SSSR count). The Balaban J connectivity index is 1.85. The Morgan fingerprint density at radius 3 is 2.96 bits per heavy atom. The van der Waals surface area contributed by atoms with Gasteiger partial charge in [0.15, 0.2) is 0 Å². The molecule has 1 aromatic heterocycles. The van der Waals surface area contributed by atoms with Crippen molar-refractivity contribution in [1.82, 2.24) is 19.8 Å². The number of hydrogen-bond donors (Lipinski definition) is 1. The lowest BCUT2D eigenvalue weighted by atomic mass is 10.2. The number of carbonyl (C=O) groups excluding carboxylic acids is 1. The van der Waals surface area contributed by atoms with E-state index in [0.717, 1.165) is 31.7 Å². The molecule has 8 nitrogen and oxygen atoms in total. The van der Waals surface area contributed by atoms with Gasteiger partial charge in [-0.2, -0.15) is 0 Å². The summed E-state index contributed by atoms with van der Waals surface area (Å²) in [5.41, 5.74) is 0.819. The summed E-state index contributed by atoms with van der Waals surface area (Å²) in [6, 6.07) is 0. The van der Waals surface area contributed by atoms with Gasteiger partial charge in [-0.15, -0.1) is 0 Å². The molecule has 2 aliphatic rings. The van der Waals surface area contributed by atoms with Crippen LogP contribution in [-0.2, 0) is 32.5 Å². The first-order chi connectivity index (χ1) is 12.0. The summed E-state index contributed by atoms with van der Waals surface area (Å²) >= 11 is 0. The molecule has 0 aromatic carbocycles. The van der Waals surface area contributed by atoms with Gasteiger partial charge < -0.3 is 14.6 Å². The van der Waals surface area contributed by atoms with E-state index >= 15 is 0 Å². The SMILES string of the molecule is CCCS(=O)(=O)c1ncc(CN2CCNC(=O)C2)n1CC1CCCO1. The van der Waals surface area contributed by atoms with E-state index in [0.29, 0.717) is 32.6 Å². The lowest BCUT2D eigenvalue weighted by Crippen LogP contribution is -2.47. The van der Waals surface area contributed by atoms with Gasteiger partial charge in [-0.25, -0.2) is 13.4 Å². The Morgan fingerprint density at radius 2 is 2.28 bits per heavy atom. The standard InChI is InChI=1S/C16H26N4O4S/c1-2-8-25(22,23)16-18-9-13(10-19-6-5-17-15(21)12-19)20(16)11-14-4-3-7-24-14/h9,14H,2-8,10-12H2,1H3,(H,17,21). The van der Waals surface area contributed by atoms with Crippen molar-refractivity contribution in [3.63, 3.8) is 0 Å². The van der Waals surface area contributed by atoms with Crippen LogP contribution in [0.2, 0.25) is 0 Å². The summed E-state index contributed by atoms with van der Waals surface area (Å²) in [6.45, 7) is 5.24. The largest absolute Gasteiger partial charge is 0.376 e. The summed E-state index contributed by atoms with van der Waals surface area (Å²) in [5.74, 6) is 0.0800. The van der Waals surface area contributed by atoms with E-state index in [1.54, 1.807) is 10.8 Å². The van der Waals surface area contributed by atoms with Crippen LogP contribution in [0.25, 0.3) is 0 Å². The first kappa shape index (κ1) is 18.3. The normalized spacial score (nSPS) is 22.3. The Labute approximate surface area is 148 Å². The fraction of sp³-hybridized carbons (Fsp3) is 0.750. The summed E-state index contributed by atoms with van der Waals surface area (Å²) in [5, 5.41) is 2.92. The maximum absolute atomic E-state index is 12.6. The minimum Gasteiger partial charge on any atom is -0.376 e. The lowest BCUT2D eigenvalue weighted by Gasteiger charge is -2.27. The predicted molar refractivity (Wildman–Crippen MR) is 91.8 cm³/mol. The first-order valence-corrected chi connectivity index (χ1v) is 10.5. The Morgan fingerprint density at radius 1 is 1.44 bits per heavy atom. The second kappa shape index (κ2) is 7.84. The maximum atomic E-state index is 12.6. The number of imidazole rings is 1. The topological polar surface area (TPSA) is 93.5 Å². The number of aromatic nitrogens is 2. The number of carbonyl (C=O) groups is 1. The molecule has 1 atom stereocenters. The Kier molecular flexibility index (Phi) is 5.75. The lowest BCUT2D eigenvalue weighted by molar-refractivity contribution is -0.124. The quantitative estimate of drug-likeness (QED) is 0.736. The van der Waals surface area contributed by atoms with Crippen LogP contribution < -0.4 is 5.32 Å². The minimum absolute atomic E-state index is 0.00438. The molecule has 1 unspecified atom stereocenters. The zero-order valence-corrected chi connectivity index (χ0v) is 15.4. The molecule has 0 saturated carbocycles. The second-order valence-corrected chi connectivity index (χ2v) is 8.66. The van der Waals surface area contributed by atoms with Crippen LogP contribution in [0, 0.1) is 0 Å². The summed E-state index contributed by atoms with van der Waals surface area (Å²) in [7, 11) is -3.41. The van der Waals surface area contributed by atoms with E-state index in [1.165, 1.54) is 0 Å². The number of nitrogens with zero attached hydrogens (tertiary/aromatic N) is 3. The van der Waals surface area contributed by atoms with Crippen LogP contribution in [0.5, 0.6) is 0 Å². The van der Waals surface area contributed by atoms with E-state index in [-0.39, 0.29) is 22.9 Å². The van der Waals surface area contributed by atoms with Gasteiger partial charge in [0.05, 0.1) is 36.8 Å². The van der Waals surface area contributed by atoms with Crippen molar-refractivity contribution in [3.8, 4) is 0 Å². The van der Waals surface area contributed by atoms with Crippen LogP contribution in [0.15, 0.2) is 11.4 Å². The molecule has 1 amide bonds. The van der Waals surface area contributed by atoms with Gasteiger partial charge in [-0.3, -0.25) is 9.69 Å². The zero-order chi connectivity index (χ0) is 17.9. The van der Waals surface area contributed by atoms with Gasteiger partial charge >= 0.3 is 0 Å². The van der Waals surface area contributed by atoms with Crippen molar-refractivity contribution in [3.05, 3.63) is 11.9 Å². The number of rotatable bonds is 7. The first-order valence-electron chi connectivity index (χ1n) is 8.87. The van der Waals surface area contributed by atoms with Crippen molar-refractivity contribution in [1.29, 1.82) is 0 Å². The highest BCUT2D eigenvalue weighted by Gasteiger charge is 2.27. The smallest absolute Gasteiger partial charge is 0.234 e. The molecule has 0 spiro atoms. The highest BCUT2D eigenvalue weighted by Crippen LogP contribution is 2.21. The molecule has 2 fully saturated rings. The van der Waals surface area contributed by atoms with Crippen molar-refractivity contribution in [2.24, 2.45) is 0 Å². The Hall–Kier alpha value is -1.45. The molecular weight excluding hydrogens is 344 g/mol. The number of hydrogen-bond acceptors (Lipinski definition) is 6. The third-order valence-electron chi connectivity index (χ3n) is 4.57. The third kappa shape index (κ3) is 4.39. The number of ether oxygens (including phenoxy) is 1. The van der Waals surface area contributed by atoms with E-state index in [4.69, 9.17) is 4.74 Å². The molecular formula is C16H26N4O4S. The third-order valence-corrected chi connectivity index (χ3v) is 6.39. The summed E-state index contributed by atoms with van der Waals surface area (Å²) in [6.07, 6.45) is 4.13. The van der Waals surface area contributed by atoms with E-state index in [9.17, 15) is 13.2 Å². The van der Waals surface area contributed by atoms with Crippen LogP contribution in [0.4, 0.5) is 0 Å². The van der Waals surface area contributed by atoms with Crippen LogP contribution >= 0.6 is 0 Å². The molecule has 0 bridgehead atoms. The van der Waals surface area contributed by atoms with Gasteiger partial charge in [-0.1, -0.05) is 6.92 Å². The van der Waals surface area contributed by atoms with Crippen LogP contribution in [0.1, 0.15) is 31.9 Å².